The van der Waals surface area contributed by atoms with Gasteiger partial charge in [0.05, 0.1) is 15.1 Å². The molecule has 10 nitrogen and oxygen atoms in total. The van der Waals surface area contributed by atoms with Gasteiger partial charge in [-0.15, -0.1) is 16.4 Å². The highest BCUT2D eigenvalue weighted by Crippen LogP contribution is 2.34. The molecule has 0 amide bonds. The molecular formula is C10H6N6O4S2. The molecule has 0 aliphatic heterocycles. The predicted octanol–water partition coefficient (Wildman–Crippen LogP) is 1.43. The van der Waals surface area contributed by atoms with E-state index in [0.29, 0.717) is 14.6 Å². The van der Waals surface area contributed by atoms with E-state index in [1.165, 1.54) is 23.5 Å². The predicted molar refractivity (Wildman–Crippen MR) is 75.9 cm³/mol. The number of nitro benzene ring substituents is 1. The molecule has 3 rings (SSSR count). The van der Waals surface area contributed by atoms with Gasteiger partial charge in [-0.2, -0.15) is 0 Å². The second-order valence-corrected chi connectivity index (χ2v) is 6.25. The van der Waals surface area contributed by atoms with Crippen LogP contribution in [0, 0.1) is 10.1 Å². The summed E-state index contributed by atoms with van der Waals surface area (Å²) in [5, 5.41) is 30.6. The fraction of sp³-hybridized carbons (Fsp3) is 0.100. The average molecular weight is 338 g/mol. The van der Waals surface area contributed by atoms with Gasteiger partial charge in [0.25, 0.3) is 5.69 Å². The minimum Gasteiger partial charge on any atom is -0.480 e. The van der Waals surface area contributed by atoms with Gasteiger partial charge in [0, 0.05) is 12.1 Å². The van der Waals surface area contributed by atoms with E-state index in [1.807, 2.05) is 0 Å². The van der Waals surface area contributed by atoms with Gasteiger partial charge >= 0.3 is 5.97 Å². The van der Waals surface area contributed by atoms with Crippen molar-refractivity contribution in [3.63, 3.8) is 0 Å². The molecular weight excluding hydrogens is 332 g/mol. The van der Waals surface area contributed by atoms with Crippen molar-refractivity contribution < 1.29 is 14.8 Å². The number of non-ortho nitro benzene ring substituents is 1. The Balaban J connectivity index is 1.90. The molecule has 2 aromatic heterocycles. The number of nitro groups is 1. The van der Waals surface area contributed by atoms with Crippen LogP contribution in [0.2, 0.25) is 0 Å². The summed E-state index contributed by atoms with van der Waals surface area (Å²) in [6.45, 7) is -0.355. The molecule has 3 aromatic rings. The lowest BCUT2D eigenvalue weighted by Crippen LogP contribution is -2.11. The number of rotatable bonds is 5. The number of aliphatic carboxylic acids is 1. The largest absolute Gasteiger partial charge is 0.480 e. The van der Waals surface area contributed by atoms with Gasteiger partial charge < -0.3 is 5.11 Å². The zero-order chi connectivity index (χ0) is 15.7. The lowest BCUT2D eigenvalue weighted by molar-refractivity contribution is -0.384. The number of carbonyl (C=O) groups is 1. The third-order valence-corrected chi connectivity index (χ3v) is 4.58. The molecule has 0 aliphatic rings. The monoisotopic (exact) mass is 338 g/mol. The van der Waals surface area contributed by atoms with Gasteiger partial charge in [-0.25, -0.2) is 9.67 Å². The highest BCUT2D eigenvalue weighted by Gasteiger charge is 2.15. The van der Waals surface area contributed by atoms with Crippen molar-refractivity contribution in [2.75, 3.05) is 0 Å². The molecule has 112 valence electrons. The van der Waals surface area contributed by atoms with Crippen molar-refractivity contribution in [2.24, 2.45) is 0 Å². The first-order valence-corrected chi connectivity index (χ1v) is 7.37. The number of aromatic nitrogens is 5. The first-order valence-electron chi connectivity index (χ1n) is 5.74. The standard InChI is InChI=1S/C10H6N6O4S2/c17-8(18)4-15-9(12-13-14-15)22-10-11-6-2-1-5(16(19)20)3-7(6)21-10/h1-3H,4H2,(H,17,18). The van der Waals surface area contributed by atoms with Crippen LogP contribution in [0.3, 0.4) is 0 Å². The number of benzene rings is 1. The number of hydrogen-bond acceptors (Lipinski definition) is 9. The van der Waals surface area contributed by atoms with Crippen LogP contribution in [0.15, 0.2) is 27.7 Å². The zero-order valence-corrected chi connectivity index (χ0v) is 12.2. The molecule has 0 aliphatic carbocycles. The molecule has 0 bridgehead atoms. The van der Waals surface area contributed by atoms with E-state index in [2.05, 4.69) is 20.5 Å². The van der Waals surface area contributed by atoms with Crippen molar-refractivity contribution in [1.82, 2.24) is 25.2 Å². The summed E-state index contributed by atoms with van der Waals surface area (Å²) < 4.78 is 2.37. The first-order chi connectivity index (χ1) is 10.5. The maximum Gasteiger partial charge on any atom is 0.325 e. The van der Waals surface area contributed by atoms with Crippen molar-refractivity contribution in [3.05, 3.63) is 28.3 Å². The molecule has 1 N–H and O–H groups in total. The van der Waals surface area contributed by atoms with Crippen LogP contribution in [0.25, 0.3) is 10.2 Å². The Hall–Kier alpha value is -2.60. The summed E-state index contributed by atoms with van der Waals surface area (Å²) >= 11 is 2.35. The molecule has 0 atom stereocenters. The van der Waals surface area contributed by atoms with Gasteiger partial charge in [-0.05, 0) is 28.3 Å². The SMILES string of the molecule is O=C(O)Cn1nnnc1Sc1nc2ccc([N+](=O)[O-])cc2s1. The molecule has 0 unspecified atom stereocenters. The quantitative estimate of drug-likeness (QED) is 0.540. The summed E-state index contributed by atoms with van der Waals surface area (Å²) in [6, 6.07) is 4.39. The highest BCUT2D eigenvalue weighted by molar-refractivity contribution is 8.01. The first kappa shape index (κ1) is 14.3. The summed E-state index contributed by atoms with van der Waals surface area (Å²) in [5.41, 5.74) is 0.610. The Bertz CT molecular complexity index is 875. The summed E-state index contributed by atoms with van der Waals surface area (Å²) in [4.78, 5) is 25.3. The van der Waals surface area contributed by atoms with Crippen LogP contribution in [-0.4, -0.2) is 41.2 Å². The third-order valence-electron chi connectivity index (χ3n) is 2.53. The third kappa shape index (κ3) is 2.87. The van der Waals surface area contributed by atoms with Gasteiger partial charge in [0.2, 0.25) is 5.16 Å². The lowest BCUT2D eigenvalue weighted by atomic mass is 10.3. The fourth-order valence-corrected chi connectivity index (χ4v) is 3.60. The molecule has 0 spiro atoms. The van der Waals surface area contributed by atoms with E-state index in [0.717, 1.165) is 16.4 Å². The number of thiazole rings is 1. The van der Waals surface area contributed by atoms with Gasteiger partial charge in [0.15, 0.2) is 4.34 Å². The number of carboxylic acid groups (broad SMARTS) is 1. The minimum atomic E-state index is -1.06. The Kier molecular flexibility index (Phi) is 3.68. The van der Waals surface area contributed by atoms with E-state index in [4.69, 9.17) is 5.11 Å². The highest BCUT2D eigenvalue weighted by atomic mass is 32.2. The van der Waals surface area contributed by atoms with Crippen LogP contribution in [0.5, 0.6) is 0 Å². The fourth-order valence-electron chi connectivity index (χ4n) is 1.62. The zero-order valence-electron chi connectivity index (χ0n) is 10.6. The molecule has 1 aromatic carbocycles. The van der Waals surface area contributed by atoms with Crippen LogP contribution >= 0.6 is 23.1 Å². The average Bonchev–Trinajstić information content (AvgIpc) is 3.04. The van der Waals surface area contributed by atoms with E-state index in [9.17, 15) is 14.9 Å². The Morgan fingerprint density at radius 3 is 3.05 bits per heavy atom. The smallest absolute Gasteiger partial charge is 0.325 e. The lowest BCUT2D eigenvalue weighted by Gasteiger charge is -1.97. The summed E-state index contributed by atoms with van der Waals surface area (Å²) in [5.74, 6) is -1.06. The van der Waals surface area contributed by atoms with Gasteiger partial charge in [0.1, 0.15) is 6.54 Å². The second-order valence-electron chi connectivity index (χ2n) is 4.00. The topological polar surface area (TPSA) is 137 Å². The molecule has 0 fully saturated rings. The normalized spacial score (nSPS) is 10.9. The van der Waals surface area contributed by atoms with Gasteiger partial charge in [-0.1, -0.05) is 0 Å². The van der Waals surface area contributed by atoms with Crippen molar-refractivity contribution in [3.8, 4) is 0 Å². The van der Waals surface area contributed by atoms with Crippen LogP contribution in [-0.2, 0) is 11.3 Å². The molecule has 2 heterocycles. The number of tetrazole rings is 1. The Morgan fingerprint density at radius 2 is 2.32 bits per heavy atom. The summed E-state index contributed by atoms with van der Waals surface area (Å²) in [7, 11) is 0. The maximum atomic E-state index is 10.8. The van der Waals surface area contributed by atoms with Gasteiger partial charge in [-0.3, -0.25) is 14.9 Å². The molecule has 12 heteroatoms. The van der Waals surface area contributed by atoms with Crippen molar-refractivity contribution >= 4 is 45.0 Å². The maximum absolute atomic E-state index is 10.8. The molecule has 0 saturated carbocycles. The second kappa shape index (κ2) is 5.65. The van der Waals surface area contributed by atoms with Crippen LogP contribution in [0.1, 0.15) is 0 Å². The van der Waals surface area contributed by atoms with E-state index < -0.39 is 10.9 Å². The van der Waals surface area contributed by atoms with Crippen LogP contribution in [0.4, 0.5) is 5.69 Å². The number of fused-ring (bicyclic) bond motifs is 1. The number of hydrogen-bond donors (Lipinski definition) is 1. The van der Waals surface area contributed by atoms with Crippen molar-refractivity contribution in [1.29, 1.82) is 0 Å². The van der Waals surface area contributed by atoms with E-state index in [-0.39, 0.29) is 17.4 Å². The summed E-state index contributed by atoms with van der Waals surface area (Å²) in [6.07, 6.45) is 0. The van der Waals surface area contributed by atoms with E-state index in [1.54, 1.807) is 6.07 Å². The van der Waals surface area contributed by atoms with Crippen molar-refractivity contribution in [2.45, 2.75) is 16.0 Å². The number of nitrogens with zero attached hydrogens (tertiary/aromatic N) is 6. The number of carboxylic acids is 1. The Morgan fingerprint density at radius 1 is 1.50 bits per heavy atom. The minimum absolute atomic E-state index is 0.0107. The van der Waals surface area contributed by atoms with E-state index >= 15 is 0 Å². The molecule has 0 radical (unpaired) electrons. The molecule has 22 heavy (non-hydrogen) atoms. The van der Waals surface area contributed by atoms with Crippen LogP contribution < -0.4 is 0 Å². The molecule has 0 saturated heterocycles. The Labute approximate surface area is 129 Å².